The zero-order valence-electron chi connectivity index (χ0n) is 10.7. The molecule has 2 atom stereocenters. The molecule has 0 aromatic heterocycles. The van der Waals surface area contributed by atoms with Gasteiger partial charge in [-0.2, -0.15) is 0 Å². The van der Waals surface area contributed by atoms with Crippen molar-refractivity contribution in [1.82, 2.24) is 5.32 Å². The van der Waals surface area contributed by atoms with Gasteiger partial charge in [0.15, 0.2) is 0 Å². The fourth-order valence-electron chi connectivity index (χ4n) is 2.34. The molecule has 1 aromatic carbocycles. The summed E-state index contributed by atoms with van der Waals surface area (Å²) in [5, 5.41) is 13.2. The number of aliphatic hydroxyl groups is 1. The summed E-state index contributed by atoms with van der Waals surface area (Å²) >= 11 is 6.00. The second-order valence-corrected chi connectivity index (χ2v) is 5.24. The van der Waals surface area contributed by atoms with E-state index in [1.54, 1.807) is 0 Å². The van der Waals surface area contributed by atoms with Crippen LogP contribution in [0.3, 0.4) is 0 Å². The molecule has 2 N–H and O–H groups in total. The number of aliphatic hydroxyl groups excluding tert-OH is 1. The summed E-state index contributed by atoms with van der Waals surface area (Å²) in [5.74, 6) is 0.883. The molecule has 1 unspecified atom stereocenters. The van der Waals surface area contributed by atoms with E-state index in [9.17, 15) is 0 Å². The molecular formula is C14H20ClNO2. The molecule has 100 valence electrons. The molecule has 4 heteroatoms. The van der Waals surface area contributed by atoms with Crippen molar-refractivity contribution in [2.24, 2.45) is 0 Å². The number of nitrogens with one attached hydrogen (secondary N) is 1. The molecule has 1 aliphatic heterocycles. The number of halogens is 1. The fraction of sp³-hybridized carbons (Fsp3) is 0.571. The maximum atomic E-state index is 8.97. The molecule has 2 rings (SSSR count). The van der Waals surface area contributed by atoms with E-state index in [0.29, 0.717) is 11.1 Å². The zero-order chi connectivity index (χ0) is 13.0. The van der Waals surface area contributed by atoms with E-state index in [2.05, 4.69) is 12.2 Å². The lowest BCUT2D eigenvalue weighted by Gasteiger charge is -2.22. The van der Waals surface area contributed by atoms with Crippen molar-refractivity contribution < 1.29 is 9.84 Å². The molecule has 0 bridgehead atoms. The normalized spacial score (nSPS) is 20.7. The maximum Gasteiger partial charge on any atom is 0.125 e. The Bertz CT molecular complexity index is 397. The highest BCUT2D eigenvalue weighted by atomic mass is 35.5. The second kappa shape index (κ2) is 6.41. The van der Waals surface area contributed by atoms with Crippen LogP contribution in [-0.2, 0) is 0 Å². The molecule has 3 nitrogen and oxygen atoms in total. The average Bonchev–Trinajstić information content (AvgIpc) is 2.52. The van der Waals surface area contributed by atoms with Gasteiger partial charge in [-0.15, -0.1) is 0 Å². The average molecular weight is 270 g/mol. The topological polar surface area (TPSA) is 41.5 Å². The molecule has 0 fully saturated rings. The summed E-state index contributed by atoms with van der Waals surface area (Å²) in [4.78, 5) is 0. The van der Waals surface area contributed by atoms with Gasteiger partial charge in [-0.05, 0) is 38.3 Å². The Kier molecular flexibility index (Phi) is 4.87. The predicted octanol–water partition coefficient (Wildman–Crippen LogP) is 2.91. The minimum Gasteiger partial charge on any atom is -0.493 e. The number of rotatable bonds is 4. The van der Waals surface area contributed by atoms with E-state index in [0.717, 1.165) is 31.6 Å². The first-order valence-electron chi connectivity index (χ1n) is 6.50. The third kappa shape index (κ3) is 3.37. The van der Waals surface area contributed by atoms with Crippen LogP contribution in [0.2, 0.25) is 5.02 Å². The van der Waals surface area contributed by atoms with Crippen LogP contribution in [0.4, 0.5) is 0 Å². The molecule has 0 saturated heterocycles. The van der Waals surface area contributed by atoms with Gasteiger partial charge in [-0.3, -0.25) is 0 Å². The van der Waals surface area contributed by atoms with Crippen LogP contribution >= 0.6 is 11.6 Å². The first-order valence-corrected chi connectivity index (χ1v) is 6.87. The van der Waals surface area contributed by atoms with Gasteiger partial charge < -0.3 is 15.2 Å². The number of ether oxygens (including phenoxy) is 1. The van der Waals surface area contributed by atoms with Gasteiger partial charge in [0, 0.05) is 29.3 Å². The van der Waals surface area contributed by atoms with Gasteiger partial charge in [0.25, 0.3) is 0 Å². The molecule has 0 amide bonds. The highest BCUT2D eigenvalue weighted by Crippen LogP contribution is 2.33. The Morgan fingerprint density at radius 1 is 1.56 bits per heavy atom. The lowest BCUT2D eigenvalue weighted by atomic mass is 10.0. The minimum atomic E-state index is 0.213. The van der Waals surface area contributed by atoms with Gasteiger partial charge in [0.05, 0.1) is 6.61 Å². The first-order chi connectivity index (χ1) is 8.70. The molecule has 1 heterocycles. The van der Waals surface area contributed by atoms with Crippen molar-refractivity contribution in [2.45, 2.75) is 38.3 Å². The first kappa shape index (κ1) is 13.7. The van der Waals surface area contributed by atoms with E-state index in [4.69, 9.17) is 21.4 Å². The van der Waals surface area contributed by atoms with E-state index >= 15 is 0 Å². The van der Waals surface area contributed by atoms with E-state index in [1.807, 2.05) is 18.2 Å². The van der Waals surface area contributed by atoms with Crippen LogP contribution in [0.5, 0.6) is 5.75 Å². The standard InChI is InChI=1S/C14H20ClNO2/c1-10(6-7-17)16-13-3-2-8-18-14-9-11(15)4-5-12(13)14/h4-5,9-10,13,16-17H,2-3,6-8H2,1H3/t10-,13?/m1/s1. The van der Waals surface area contributed by atoms with Gasteiger partial charge in [-0.25, -0.2) is 0 Å². The molecule has 0 spiro atoms. The summed E-state index contributed by atoms with van der Waals surface area (Å²) < 4.78 is 5.73. The monoisotopic (exact) mass is 269 g/mol. The second-order valence-electron chi connectivity index (χ2n) is 4.81. The number of hydrogen-bond acceptors (Lipinski definition) is 3. The molecule has 1 aromatic rings. The van der Waals surface area contributed by atoms with Crippen LogP contribution < -0.4 is 10.1 Å². The SMILES string of the molecule is C[C@H](CCO)NC1CCCOc2cc(Cl)ccc21. The Hall–Kier alpha value is -0.770. The number of hydrogen-bond donors (Lipinski definition) is 2. The molecule has 0 aliphatic carbocycles. The third-order valence-electron chi connectivity index (χ3n) is 3.29. The molecule has 0 saturated carbocycles. The lowest BCUT2D eigenvalue weighted by molar-refractivity contribution is 0.261. The third-order valence-corrected chi connectivity index (χ3v) is 3.53. The van der Waals surface area contributed by atoms with Crippen molar-refractivity contribution in [2.75, 3.05) is 13.2 Å². The number of fused-ring (bicyclic) bond motifs is 1. The Morgan fingerprint density at radius 2 is 2.39 bits per heavy atom. The highest BCUT2D eigenvalue weighted by molar-refractivity contribution is 6.30. The summed E-state index contributed by atoms with van der Waals surface area (Å²) in [6.07, 6.45) is 2.83. The van der Waals surface area contributed by atoms with Crippen molar-refractivity contribution in [3.8, 4) is 5.75 Å². The van der Waals surface area contributed by atoms with Crippen LogP contribution in [0, 0.1) is 0 Å². The van der Waals surface area contributed by atoms with Gasteiger partial charge in [-0.1, -0.05) is 17.7 Å². The van der Waals surface area contributed by atoms with Crippen molar-refractivity contribution >= 4 is 11.6 Å². The predicted molar refractivity (Wildman–Crippen MR) is 73.2 cm³/mol. The van der Waals surface area contributed by atoms with Gasteiger partial charge >= 0.3 is 0 Å². The summed E-state index contributed by atoms with van der Waals surface area (Å²) in [6.45, 7) is 3.04. The van der Waals surface area contributed by atoms with Crippen LogP contribution in [0.1, 0.15) is 37.8 Å². The van der Waals surface area contributed by atoms with E-state index < -0.39 is 0 Å². The van der Waals surface area contributed by atoms with Gasteiger partial charge in [0.2, 0.25) is 0 Å². The minimum absolute atomic E-state index is 0.213. The lowest BCUT2D eigenvalue weighted by Crippen LogP contribution is -2.31. The smallest absolute Gasteiger partial charge is 0.125 e. The molecule has 0 radical (unpaired) electrons. The summed E-state index contributed by atoms with van der Waals surface area (Å²) in [5.41, 5.74) is 1.17. The van der Waals surface area contributed by atoms with Crippen molar-refractivity contribution in [1.29, 1.82) is 0 Å². The Balaban J connectivity index is 2.16. The highest BCUT2D eigenvalue weighted by Gasteiger charge is 2.21. The molecular weight excluding hydrogens is 250 g/mol. The van der Waals surface area contributed by atoms with Crippen LogP contribution in [0.25, 0.3) is 0 Å². The quantitative estimate of drug-likeness (QED) is 0.883. The van der Waals surface area contributed by atoms with Crippen molar-refractivity contribution in [3.05, 3.63) is 28.8 Å². The summed E-state index contributed by atoms with van der Waals surface area (Å²) in [6, 6.07) is 6.39. The Labute approximate surface area is 113 Å². The maximum absolute atomic E-state index is 8.97. The van der Waals surface area contributed by atoms with Crippen molar-refractivity contribution in [3.63, 3.8) is 0 Å². The van der Waals surface area contributed by atoms with E-state index in [-0.39, 0.29) is 12.6 Å². The van der Waals surface area contributed by atoms with E-state index in [1.165, 1.54) is 5.56 Å². The summed E-state index contributed by atoms with van der Waals surface area (Å²) in [7, 11) is 0. The molecule has 18 heavy (non-hydrogen) atoms. The molecule has 1 aliphatic rings. The zero-order valence-corrected chi connectivity index (χ0v) is 11.4. The fourth-order valence-corrected chi connectivity index (χ4v) is 2.50. The Morgan fingerprint density at radius 3 is 3.17 bits per heavy atom. The van der Waals surface area contributed by atoms with Crippen LogP contribution in [0.15, 0.2) is 18.2 Å². The largest absolute Gasteiger partial charge is 0.493 e. The van der Waals surface area contributed by atoms with Crippen LogP contribution in [-0.4, -0.2) is 24.4 Å². The number of benzene rings is 1. The van der Waals surface area contributed by atoms with Gasteiger partial charge in [0.1, 0.15) is 5.75 Å².